The van der Waals surface area contributed by atoms with Gasteiger partial charge in [0.25, 0.3) is 0 Å². The molecule has 0 saturated carbocycles. The maximum Gasteiger partial charge on any atom is 0.335 e. The third-order valence-electron chi connectivity index (χ3n) is 2.70. The maximum atomic E-state index is 12.1. The van der Waals surface area contributed by atoms with E-state index in [9.17, 15) is 18.0 Å². The number of aromatic nitrogens is 1. The fraction of sp³-hybridized carbons (Fsp3) is 0.500. The quantitative estimate of drug-likeness (QED) is 0.497. The molecule has 0 aromatic carbocycles. The topological polar surface area (TPSA) is 112 Å². The van der Waals surface area contributed by atoms with E-state index in [0.29, 0.717) is 5.69 Å². The molecule has 1 aromatic rings. The Bertz CT molecular complexity index is 599. The van der Waals surface area contributed by atoms with Crippen LogP contribution in [0.15, 0.2) is 24.4 Å². The molecule has 0 fully saturated rings. The van der Waals surface area contributed by atoms with Gasteiger partial charge in [0.1, 0.15) is 0 Å². The summed E-state index contributed by atoms with van der Waals surface area (Å²) in [5.74, 6) is -2.31. The van der Waals surface area contributed by atoms with Crippen molar-refractivity contribution < 1.29 is 27.5 Å². The van der Waals surface area contributed by atoms with Gasteiger partial charge in [0.2, 0.25) is 16.1 Å². The molecule has 0 aliphatic heterocycles. The van der Waals surface area contributed by atoms with Crippen molar-refractivity contribution >= 4 is 22.0 Å². The number of esters is 2. The van der Waals surface area contributed by atoms with Gasteiger partial charge in [0, 0.05) is 18.3 Å². The Hall–Kier alpha value is -2.00. The minimum atomic E-state index is -3.90. The van der Waals surface area contributed by atoms with Crippen LogP contribution in [0.25, 0.3) is 0 Å². The van der Waals surface area contributed by atoms with Gasteiger partial charge in [-0.3, -0.25) is 4.98 Å². The number of nitrogens with zero attached hydrogens (tertiary/aromatic N) is 1. The summed E-state index contributed by atoms with van der Waals surface area (Å²) in [7, 11) is -3.90. The number of aryl methyl sites for hydroxylation is 1. The minimum absolute atomic E-state index is 0.0183. The molecule has 9 heteroatoms. The van der Waals surface area contributed by atoms with Crippen LogP contribution < -0.4 is 4.72 Å². The number of carbonyl (C=O) groups is 2. The highest BCUT2D eigenvalue weighted by molar-refractivity contribution is 7.89. The van der Waals surface area contributed by atoms with Crippen LogP contribution in [0.4, 0.5) is 0 Å². The number of ether oxygens (including phenoxy) is 2. The highest BCUT2D eigenvalue weighted by atomic mass is 32.2. The minimum Gasteiger partial charge on any atom is -0.464 e. The lowest BCUT2D eigenvalue weighted by Gasteiger charge is -2.16. The summed E-state index contributed by atoms with van der Waals surface area (Å²) in [4.78, 5) is 27.5. The Kier molecular flexibility index (Phi) is 7.63. The highest BCUT2D eigenvalue weighted by Gasteiger charge is 2.33. The van der Waals surface area contributed by atoms with Gasteiger partial charge in [-0.1, -0.05) is 6.07 Å². The summed E-state index contributed by atoms with van der Waals surface area (Å²) >= 11 is 0. The van der Waals surface area contributed by atoms with Crippen molar-refractivity contribution in [2.75, 3.05) is 19.0 Å². The van der Waals surface area contributed by atoms with E-state index in [1.807, 2.05) is 4.72 Å². The molecular weight excluding hydrogens is 324 g/mol. The zero-order valence-electron chi connectivity index (χ0n) is 13.0. The van der Waals surface area contributed by atoms with Gasteiger partial charge in [0.15, 0.2) is 0 Å². The fourth-order valence-corrected chi connectivity index (χ4v) is 2.81. The number of pyridine rings is 1. The first-order valence-electron chi connectivity index (χ1n) is 7.12. The van der Waals surface area contributed by atoms with Crippen molar-refractivity contribution in [1.82, 2.24) is 9.71 Å². The van der Waals surface area contributed by atoms with Gasteiger partial charge in [-0.25, -0.2) is 18.0 Å². The van der Waals surface area contributed by atoms with Crippen molar-refractivity contribution in [3.8, 4) is 0 Å². The standard InChI is InChI=1S/C14H20N2O6S/c1-3-21-13(17)12(14(18)22-4-2)16-23(19,20)10-8-11-7-5-6-9-15-11/h5-7,9,12,16H,3-4,8,10H2,1-2H3. The Balaban J connectivity index is 2.75. The molecule has 0 amide bonds. The van der Waals surface area contributed by atoms with E-state index < -0.39 is 28.0 Å². The van der Waals surface area contributed by atoms with E-state index in [4.69, 9.17) is 9.47 Å². The first-order chi connectivity index (χ1) is 10.9. The van der Waals surface area contributed by atoms with Crippen LogP contribution in [0.1, 0.15) is 19.5 Å². The van der Waals surface area contributed by atoms with E-state index in [1.54, 1.807) is 38.2 Å². The van der Waals surface area contributed by atoms with Crippen molar-refractivity contribution in [3.05, 3.63) is 30.1 Å². The molecule has 0 saturated heterocycles. The summed E-state index contributed by atoms with van der Waals surface area (Å²) in [5.41, 5.74) is 0.585. The molecule has 8 nitrogen and oxygen atoms in total. The van der Waals surface area contributed by atoms with Gasteiger partial charge in [-0.15, -0.1) is 0 Å². The molecule has 0 spiro atoms. The molecular formula is C14H20N2O6S. The van der Waals surface area contributed by atoms with Crippen molar-refractivity contribution in [2.45, 2.75) is 26.3 Å². The van der Waals surface area contributed by atoms with Crippen LogP contribution >= 0.6 is 0 Å². The second kappa shape index (κ2) is 9.21. The number of hydrogen-bond donors (Lipinski definition) is 1. The van der Waals surface area contributed by atoms with E-state index in [-0.39, 0.29) is 25.4 Å². The van der Waals surface area contributed by atoms with Gasteiger partial charge >= 0.3 is 11.9 Å². The van der Waals surface area contributed by atoms with Crippen molar-refractivity contribution in [2.24, 2.45) is 0 Å². The largest absolute Gasteiger partial charge is 0.464 e. The summed E-state index contributed by atoms with van der Waals surface area (Å²) in [6.07, 6.45) is 1.70. The first-order valence-corrected chi connectivity index (χ1v) is 8.78. The molecule has 23 heavy (non-hydrogen) atoms. The van der Waals surface area contributed by atoms with Gasteiger partial charge in [-0.05, 0) is 26.0 Å². The van der Waals surface area contributed by atoms with Crippen molar-refractivity contribution in [1.29, 1.82) is 0 Å². The first kappa shape index (κ1) is 19.0. The number of carbonyl (C=O) groups excluding carboxylic acids is 2. The van der Waals surface area contributed by atoms with Crippen LogP contribution in [0, 0.1) is 0 Å². The van der Waals surface area contributed by atoms with E-state index in [1.165, 1.54) is 0 Å². The number of sulfonamides is 1. The number of hydrogen-bond acceptors (Lipinski definition) is 7. The van der Waals surface area contributed by atoms with Gasteiger partial charge < -0.3 is 9.47 Å². The number of rotatable bonds is 9. The Morgan fingerprint density at radius 3 is 2.26 bits per heavy atom. The second-order valence-electron chi connectivity index (χ2n) is 4.44. The number of nitrogens with one attached hydrogen (secondary N) is 1. The van der Waals surface area contributed by atoms with E-state index in [0.717, 1.165) is 0 Å². The molecule has 0 aliphatic rings. The summed E-state index contributed by atoms with van der Waals surface area (Å²) in [6, 6.07) is 3.43. The van der Waals surface area contributed by atoms with E-state index in [2.05, 4.69) is 4.98 Å². The molecule has 1 aromatic heterocycles. The average molecular weight is 344 g/mol. The highest BCUT2D eigenvalue weighted by Crippen LogP contribution is 2.01. The Morgan fingerprint density at radius 2 is 1.78 bits per heavy atom. The van der Waals surface area contributed by atoms with Crippen LogP contribution in [-0.4, -0.2) is 50.3 Å². The maximum absolute atomic E-state index is 12.1. The fourth-order valence-electron chi connectivity index (χ4n) is 1.67. The van der Waals surface area contributed by atoms with Crippen LogP contribution in [0.2, 0.25) is 0 Å². The predicted octanol–water partition coefficient (Wildman–Crippen LogP) is 0.0383. The zero-order valence-corrected chi connectivity index (χ0v) is 13.8. The van der Waals surface area contributed by atoms with Gasteiger partial charge in [-0.2, -0.15) is 4.72 Å². The molecule has 0 atom stereocenters. The van der Waals surface area contributed by atoms with Crippen LogP contribution in [0.3, 0.4) is 0 Å². The van der Waals surface area contributed by atoms with Crippen LogP contribution in [0.5, 0.6) is 0 Å². The molecule has 0 radical (unpaired) electrons. The summed E-state index contributed by atoms with van der Waals surface area (Å²) in [6.45, 7) is 3.14. The Morgan fingerprint density at radius 1 is 1.17 bits per heavy atom. The monoisotopic (exact) mass is 344 g/mol. The predicted molar refractivity (Wildman–Crippen MR) is 81.9 cm³/mol. The molecule has 0 bridgehead atoms. The molecule has 128 valence electrons. The molecule has 1 N–H and O–H groups in total. The Labute approximate surface area is 135 Å². The van der Waals surface area contributed by atoms with Crippen molar-refractivity contribution in [3.63, 3.8) is 0 Å². The van der Waals surface area contributed by atoms with Gasteiger partial charge in [0.05, 0.1) is 19.0 Å². The third-order valence-corrected chi connectivity index (χ3v) is 4.03. The second-order valence-corrected chi connectivity index (χ2v) is 6.32. The molecule has 0 aliphatic carbocycles. The molecule has 1 rings (SSSR count). The average Bonchev–Trinajstić information content (AvgIpc) is 2.52. The molecule has 1 heterocycles. The van der Waals surface area contributed by atoms with E-state index >= 15 is 0 Å². The lowest BCUT2D eigenvalue weighted by Crippen LogP contribution is -2.49. The smallest absolute Gasteiger partial charge is 0.335 e. The lowest BCUT2D eigenvalue weighted by molar-refractivity contribution is -0.157. The third kappa shape index (κ3) is 6.74. The van der Waals surface area contributed by atoms with Crippen LogP contribution in [-0.2, 0) is 35.5 Å². The summed E-state index contributed by atoms with van der Waals surface area (Å²) in [5, 5.41) is 0. The normalized spacial score (nSPS) is 11.3. The SMILES string of the molecule is CCOC(=O)C(NS(=O)(=O)CCc1ccccn1)C(=O)OCC. The molecule has 0 unspecified atom stereocenters. The summed E-state index contributed by atoms with van der Waals surface area (Å²) < 4.78 is 35.6. The lowest BCUT2D eigenvalue weighted by atomic mass is 10.3. The zero-order chi connectivity index (χ0) is 17.3.